The number of ether oxygens (including phenoxy) is 1. The number of hydrogen-bond donors (Lipinski definition) is 7. The lowest BCUT2D eigenvalue weighted by Crippen LogP contribution is -2.54. The molecule has 0 aromatic carbocycles. The molecule has 0 fully saturated rings. The first-order valence-electron chi connectivity index (χ1n) is 11.7. The molecule has 200 valence electrons. The van der Waals surface area contributed by atoms with Gasteiger partial charge in [0.1, 0.15) is 6.04 Å². The topological polar surface area (TPSA) is 216 Å². The summed E-state index contributed by atoms with van der Waals surface area (Å²) in [5, 5.41) is 43.7. The molecule has 0 rings (SSSR count). The predicted molar refractivity (Wildman–Crippen MR) is 128 cm³/mol. The van der Waals surface area contributed by atoms with E-state index >= 15 is 0 Å². The number of nitrogens with one attached hydrogen (secondary N) is 5. The number of hydrogen-bond acceptors (Lipinski definition) is 9. The number of guanidine groups is 1. The third kappa shape index (κ3) is 17.2. The highest BCUT2D eigenvalue weighted by atomic mass is 16.7. The number of amides is 2. The Bertz CT molecular complexity index is 695. The monoisotopic (exact) mass is 502 g/mol. The molecule has 0 spiro atoms. The molecule has 0 heterocycles. The van der Waals surface area contributed by atoms with Crippen LogP contribution in [0.3, 0.4) is 0 Å². The second kappa shape index (κ2) is 18.4. The highest BCUT2D eigenvalue weighted by Crippen LogP contribution is 2.09. The van der Waals surface area contributed by atoms with Crippen LogP contribution in [0.4, 0.5) is 0 Å². The van der Waals surface area contributed by atoms with Crippen molar-refractivity contribution >= 4 is 30.9 Å². The molecule has 0 saturated carbocycles. The number of methoxy groups -OCH3 is 1. The first-order chi connectivity index (χ1) is 16.5. The summed E-state index contributed by atoms with van der Waals surface area (Å²) < 4.78 is 4.57. The largest absolute Gasteiger partial charge is 0.475 e. The molecule has 2 atom stereocenters. The Hall–Kier alpha value is -2.94. The second-order valence-corrected chi connectivity index (χ2v) is 8.58. The fourth-order valence-electron chi connectivity index (χ4n) is 3.24. The minimum atomic E-state index is -1.77. The maximum absolute atomic E-state index is 12.8. The van der Waals surface area contributed by atoms with E-state index in [0.717, 1.165) is 12.8 Å². The van der Waals surface area contributed by atoms with Gasteiger partial charge in [-0.15, -0.1) is 0 Å². The molecule has 7 N–H and O–H groups in total. The van der Waals surface area contributed by atoms with Gasteiger partial charge in [-0.1, -0.05) is 32.1 Å². The fraction of sp³-hybridized carbons (Fsp3) is 0.800. The van der Waals surface area contributed by atoms with Crippen LogP contribution in [0.1, 0.15) is 71.6 Å². The molecule has 0 unspecified atom stereocenters. The molecule has 0 aliphatic heterocycles. The van der Waals surface area contributed by atoms with E-state index in [-0.39, 0.29) is 37.2 Å². The number of carbonyl (C=O) groups is 3. The van der Waals surface area contributed by atoms with Gasteiger partial charge in [0.25, 0.3) is 5.96 Å². The molecule has 0 bridgehead atoms. The van der Waals surface area contributed by atoms with E-state index in [1.165, 1.54) is 7.11 Å². The van der Waals surface area contributed by atoms with Gasteiger partial charge in [-0.05, 0) is 38.0 Å². The van der Waals surface area contributed by atoms with E-state index in [2.05, 4.69) is 20.7 Å². The second-order valence-electron chi connectivity index (χ2n) is 8.58. The summed E-state index contributed by atoms with van der Waals surface area (Å²) in [5.41, 5.74) is 1.65. The summed E-state index contributed by atoms with van der Waals surface area (Å²) in [4.78, 5) is 46.6. The third-order valence-corrected chi connectivity index (χ3v) is 5.00. The summed E-state index contributed by atoms with van der Waals surface area (Å²) in [6.07, 6.45) is 3.98. The summed E-state index contributed by atoms with van der Waals surface area (Å²) in [5.74, 6) is -2.54. The lowest BCUT2D eigenvalue weighted by molar-refractivity contribution is -0.525. The van der Waals surface area contributed by atoms with Crippen LogP contribution in [0, 0.1) is 21.4 Å². The van der Waals surface area contributed by atoms with Crippen molar-refractivity contribution in [1.29, 1.82) is 5.41 Å². The Labute approximate surface area is 205 Å². The Kier molecular flexibility index (Phi) is 16.9. The molecular formula is C20H39BN6O8. The molecule has 0 aliphatic carbocycles. The van der Waals surface area contributed by atoms with Crippen molar-refractivity contribution in [3.8, 4) is 0 Å². The Morgan fingerprint density at radius 1 is 1.06 bits per heavy atom. The van der Waals surface area contributed by atoms with Gasteiger partial charge >= 0.3 is 13.1 Å². The van der Waals surface area contributed by atoms with E-state index in [0.29, 0.717) is 32.1 Å². The van der Waals surface area contributed by atoms with Crippen molar-refractivity contribution in [3.05, 3.63) is 10.1 Å². The van der Waals surface area contributed by atoms with Crippen LogP contribution in [-0.4, -0.2) is 71.6 Å². The van der Waals surface area contributed by atoms with Crippen molar-refractivity contribution in [3.63, 3.8) is 0 Å². The molecule has 15 heteroatoms. The van der Waals surface area contributed by atoms with Crippen molar-refractivity contribution in [2.24, 2.45) is 5.92 Å². The molecule has 0 aromatic heterocycles. The minimum absolute atomic E-state index is 0.0821. The Balaban J connectivity index is 4.80. The number of hydrazine groups is 1. The van der Waals surface area contributed by atoms with Gasteiger partial charge in [0.15, 0.2) is 5.03 Å². The van der Waals surface area contributed by atoms with Gasteiger partial charge in [-0.2, -0.15) is 0 Å². The van der Waals surface area contributed by atoms with Gasteiger partial charge in [-0.3, -0.25) is 19.8 Å². The first-order valence-corrected chi connectivity index (χ1v) is 11.7. The summed E-state index contributed by atoms with van der Waals surface area (Å²) in [6.45, 7) is 3.87. The smallest absolute Gasteiger partial charge is 0.469 e. The highest BCUT2D eigenvalue weighted by Gasteiger charge is 2.29. The Morgan fingerprint density at radius 2 is 1.69 bits per heavy atom. The van der Waals surface area contributed by atoms with Gasteiger partial charge < -0.3 is 30.7 Å². The zero-order valence-corrected chi connectivity index (χ0v) is 20.7. The van der Waals surface area contributed by atoms with Crippen LogP contribution in [0.15, 0.2) is 0 Å². The van der Waals surface area contributed by atoms with Crippen LogP contribution < -0.4 is 21.4 Å². The van der Waals surface area contributed by atoms with E-state index in [4.69, 9.17) is 5.41 Å². The van der Waals surface area contributed by atoms with Gasteiger partial charge in [0, 0.05) is 19.4 Å². The Morgan fingerprint density at radius 3 is 2.23 bits per heavy atom. The molecule has 0 saturated heterocycles. The molecule has 35 heavy (non-hydrogen) atoms. The maximum atomic E-state index is 12.8. The zero-order valence-electron chi connectivity index (χ0n) is 20.7. The molecule has 14 nitrogen and oxygen atoms in total. The van der Waals surface area contributed by atoms with Crippen molar-refractivity contribution in [2.45, 2.75) is 83.6 Å². The number of nitro groups is 1. The van der Waals surface area contributed by atoms with E-state index in [1.807, 2.05) is 13.8 Å². The maximum Gasteiger partial charge on any atom is 0.475 e. The standard InChI is InChI=1S/C20H39BN6O8/c1-14(2)13-16(21(31)32)25-19(30)15(9-8-12-23-20(22)26-27(33)34)24-17(28)10-6-4-5-7-11-18(29)35-3/h14-16,31-32H,4-13H2,1-3H3,(H,24,28)(H,25,30)(H3,22,23,26)/t15-,16-/m0/s1. The van der Waals surface area contributed by atoms with Crippen LogP contribution in [0.25, 0.3) is 0 Å². The van der Waals surface area contributed by atoms with E-state index in [1.54, 1.807) is 5.43 Å². The number of unbranched alkanes of at least 4 members (excludes halogenated alkanes) is 3. The van der Waals surface area contributed by atoms with Gasteiger partial charge in [0.05, 0.1) is 13.1 Å². The number of nitrogens with zero attached hydrogens (tertiary/aromatic N) is 1. The lowest BCUT2D eigenvalue weighted by atomic mass is 9.75. The van der Waals surface area contributed by atoms with E-state index in [9.17, 15) is 34.5 Å². The lowest BCUT2D eigenvalue weighted by Gasteiger charge is -2.24. The summed E-state index contributed by atoms with van der Waals surface area (Å²) >= 11 is 0. The average molecular weight is 502 g/mol. The number of rotatable bonds is 18. The normalized spacial score (nSPS) is 12.3. The average Bonchev–Trinajstić information content (AvgIpc) is 2.76. The molecule has 0 aromatic rings. The van der Waals surface area contributed by atoms with E-state index < -0.39 is 36.0 Å². The van der Waals surface area contributed by atoms with Gasteiger partial charge in [-0.25, -0.2) is 10.1 Å². The SMILES string of the molecule is COC(=O)CCCCCCC(=O)N[C@@H](CCCNC(=N)N[N+](=O)[O-])C(=O)N[C@@H](CC(C)C)B(O)O. The van der Waals surface area contributed by atoms with Gasteiger partial charge in [0.2, 0.25) is 11.8 Å². The van der Waals surface area contributed by atoms with Crippen LogP contribution in [-0.2, 0) is 19.1 Å². The number of carbonyl (C=O) groups excluding carboxylic acids is 3. The fourth-order valence-corrected chi connectivity index (χ4v) is 3.24. The van der Waals surface area contributed by atoms with Crippen LogP contribution in [0.5, 0.6) is 0 Å². The summed E-state index contributed by atoms with van der Waals surface area (Å²) in [7, 11) is -0.437. The predicted octanol–water partition coefficient (Wildman–Crippen LogP) is -0.386. The minimum Gasteiger partial charge on any atom is -0.469 e. The van der Waals surface area contributed by atoms with Crippen LogP contribution >= 0.6 is 0 Å². The van der Waals surface area contributed by atoms with Crippen LogP contribution in [0.2, 0.25) is 0 Å². The third-order valence-electron chi connectivity index (χ3n) is 5.00. The molecule has 0 aliphatic rings. The molecular weight excluding hydrogens is 463 g/mol. The molecule has 0 radical (unpaired) electrons. The zero-order chi connectivity index (χ0) is 26.8. The first kappa shape index (κ1) is 32.1. The summed E-state index contributed by atoms with van der Waals surface area (Å²) in [6, 6.07) is -0.963. The van der Waals surface area contributed by atoms with Crippen molar-refractivity contribution < 1.29 is 34.2 Å². The van der Waals surface area contributed by atoms with Crippen molar-refractivity contribution in [2.75, 3.05) is 13.7 Å². The molecule has 2 amide bonds. The highest BCUT2D eigenvalue weighted by molar-refractivity contribution is 6.43. The van der Waals surface area contributed by atoms with Crippen molar-refractivity contribution in [1.82, 2.24) is 21.4 Å². The quantitative estimate of drug-likeness (QED) is 0.0245. The number of esters is 1.